The quantitative estimate of drug-likeness (QED) is 0.613. The summed E-state index contributed by atoms with van der Waals surface area (Å²) in [5.41, 5.74) is 3.37. The third-order valence-electron chi connectivity index (χ3n) is 2.29. The highest BCUT2D eigenvalue weighted by atomic mass is 28.3. The average molecular weight is 232 g/mol. The summed E-state index contributed by atoms with van der Waals surface area (Å²) in [5, 5.41) is 10.3. The van der Waals surface area contributed by atoms with Gasteiger partial charge in [0.25, 0.3) is 0 Å². The largest absolute Gasteiger partial charge is 0.384 e. The maximum absolute atomic E-state index is 10.3. The fourth-order valence-electron chi connectivity index (χ4n) is 1.38. The molecule has 86 valence electrons. The first-order chi connectivity index (χ1) is 7.31. The van der Waals surface area contributed by atoms with Crippen LogP contribution in [0.1, 0.15) is 18.9 Å². The highest BCUT2D eigenvalue weighted by Crippen LogP contribution is 2.23. The molecule has 16 heavy (non-hydrogen) atoms. The lowest BCUT2D eigenvalue weighted by Crippen LogP contribution is -2.21. The molecule has 0 aliphatic carbocycles. The lowest BCUT2D eigenvalue weighted by molar-refractivity contribution is 0.0629. The molecule has 0 bridgehead atoms. The van der Waals surface area contributed by atoms with E-state index in [1.165, 1.54) is 0 Å². The fourth-order valence-corrected chi connectivity index (χ4v) is 2.00. The van der Waals surface area contributed by atoms with Gasteiger partial charge in [0.2, 0.25) is 0 Å². The summed E-state index contributed by atoms with van der Waals surface area (Å²) in [4.78, 5) is 0. The third kappa shape index (κ3) is 4.22. The van der Waals surface area contributed by atoms with Crippen LogP contribution >= 0.6 is 0 Å². The third-order valence-corrected chi connectivity index (χ3v) is 3.22. The van der Waals surface area contributed by atoms with E-state index in [2.05, 4.69) is 31.1 Å². The van der Waals surface area contributed by atoms with Crippen LogP contribution in [0.2, 0.25) is 19.6 Å². The molecule has 1 atom stereocenters. The van der Waals surface area contributed by atoms with Gasteiger partial charge in [0.1, 0.15) is 8.07 Å². The zero-order chi connectivity index (χ0) is 12.2. The van der Waals surface area contributed by atoms with Crippen LogP contribution in [0.4, 0.5) is 0 Å². The van der Waals surface area contributed by atoms with E-state index in [0.29, 0.717) is 6.42 Å². The second kappa shape index (κ2) is 4.86. The molecule has 1 N–H and O–H groups in total. The molecule has 1 nitrogen and oxygen atoms in total. The minimum absolute atomic E-state index is 0.501. The van der Waals surface area contributed by atoms with Crippen molar-refractivity contribution in [2.24, 2.45) is 0 Å². The molecule has 1 aromatic rings. The second-order valence-electron chi connectivity index (χ2n) is 5.37. The van der Waals surface area contributed by atoms with Gasteiger partial charge < -0.3 is 5.11 Å². The van der Waals surface area contributed by atoms with E-state index >= 15 is 0 Å². The first-order valence-electron chi connectivity index (χ1n) is 5.59. The van der Waals surface area contributed by atoms with Crippen molar-refractivity contribution < 1.29 is 5.11 Å². The van der Waals surface area contributed by atoms with Crippen molar-refractivity contribution in [2.75, 3.05) is 0 Å². The van der Waals surface area contributed by atoms with Gasteiger partial charge in [-0.3, -0.25) is 0 Å². The SMILES string of the molecule is C[C@](O)(CC#C[Si](C)(C)C)c1ccccc1. The molecule has 0 radical (unpaired) electrons. The van der Waals surface area contributed by atoms with E-state index in [9.17, 15) is 5.11 Å². The maximum Gasteiger partial charge on any atom is 0.129 e. The van der Waals surface area contributed by atoms with Gasteiger partial charge in [0.05, 0.1) is 5.60 Å². The minimum Gasteiger partial charge on any atom is -0.384 e. The summed E-state index contributed by atoms with van der Waals surface area (Å²) >= 11 is 0. The number of hydrogen-bond acceptors (Lipinski definition) is 1. The molecule has 0 saturated carbocycles. The zero-order valence-corrected chi connectivity index (χ0v) is 11.5. The molecule has 0 unspecified atom stereocenters. The fraction of sp³-hybridized carbons (Fsp3) is 0.429. The van der Waals surface area contributed by atoms with Crippen molar-refractivity contribution >= 4 is 8.07 Å². The van der Waals surface area contributed by atoms with Gasteiger partial charge in [-0.2, -0.15) is 0 Å². The second-order valence-corrected chi connectivity index (χ2v) is 10.1. The topological polar surface area (TPSA) is 20.2 Å². The van der Waals surface area contributed by atoms with Gasteiger partial charge in [0, 0.05) is 6.42 Å². The van der Waals surface area contributed by atoms with Crippen LogP contribution in [-0.4, -0.2) is 13.2 Å². The van der Waals surface area contributed by atoms with Gasteiger partial charge in [-0.05, 0) is 12.5 Å². The summed E-state index contributed by atoms with van der Waals surface area (Å²) in [5.74, 6) is 3.13. The van der Waals surface area contributed by atoms with Gasteiger partial charge >= 0.3 is 0 Å². The lowest BCUT2D eigenvalue weighted by atomic mass is 9.93. The maximum atomic E-state index is 10.3. The zero-order valence-electron chi connectivity index (χ0n) is 10.5. The van der Waals surface area contributed by atoms with Crippen LogP contribution in [0.25, 0.3) is 0 Å². The summed E-state index contributed by atoms with van der Waals surface area (Å²) in [6.07, 6.45) is 0.501. The Hall–Kier alpha value is -1.04. The van der Waals surface area contributed by atoms with Crippen LogP contribution < -0.4 is 0 Å². The molecule has 0 saturated heterocycles. The van der Waals surface area contributed by atoms with Gasteiger partial charge in [-0.25, -0.2) is 0 Å². The Morgan fingerprint density at radius 2 is 1.75 bits per heavy atom. The molecule has 2 heteroatoms. The molecule has 0 aliphatic heterocycles. The van der Waals surface area contributed by atoms with E-state index in [0.717, 1.165) is 5.56 Å². The average Bonchev–Trinajstić information content (AvgIpc) is 2.17. The smallest absolute Gasteiger partial charge is 0.129 e. The predicted molar refractivity (Wildman–Crippen MR) is 71.8 cm³/mol. The van der Waals surface area contributed by atoms with E-state index in [4.69, 9.17) is 0 Å². The summed E-state index contributed by atoms with van der Waals surface area (Å²) in [7, 11) is -1.33. The molecule has 0 amide bonds. The molecule has 0 fully saturated rings. The first kappa shape index (κ1) is 13.0. The Balaban J connectivity index is 2.76. The highest BCUT2D eigenvalue weighted by molar-refractivity contribution is 6.83. The van der Waals surface area contributed by atoms with Gasteiger partial charge in [0.15, 0.2) is 0 Å². The number of rotatable bonds is 2. The van der Waals surface area contributed by atoms with Crippen molar-refractivity contribution in [1.29, 1.82) is 0 Å². The Morgan fingerprint density at radius 3 is 2.25 bits per heavy atom. The van der Waals surface area contributed by atoms with E-state index in [1.54, 1.807) is 0 Å². The normalized spacial score (nSPS) is 14.8. The number of benzene rings is 1. The van der Waals surface area contributed by atoms with Crippen LogP contribution in [0, 0.1) is 11.5 Å². The first-order valence-corrected chi connectivity index (χ1v) is 9.09. The van der Waals surface area contributed by atoms with Crippen LogP contribution in [-0.2, 0) is 5.60 Å². The molecular weight excluding hydrogens is 212 g/mol. The van der Waals surface area contributed by atoms with E-state index in [-0.39, 0.29) is 0 Å². The molecule has 0 spiro atoms. The predicted octanol–water partition coefficient (Wildman–Crippen LogP) is 3.17. The minimum atomic E-state index is -1.33. The van der Waals surface area contributed by atoms with Gasteiger partial charge in [-0.15, -0.1) is 11.5 Å². The van der Waals surface area contributed by atoms with Crippen molar-refractivity contribution in [2.45, 2.75) is 38.6 Å². The van der Waals surface area contributed by atoms with Crippen molar-refractivity contribution in [3.63, 3.8) is 0 Å². The van der Waals surface area contributed by atoms with Crippen molar-refractivity contribution in [3.8, 4) is 11.5 Å². The van der Waals surface area contributed by atoms with Crippen LogP contribution in [0.5, 0.6) is 0 Å². The summed E-state index contributed by atoms with van der Waals surface area (Å²) < 4.78 is 0. The number of hydrogen-bond donors (Lipinski definition) is 1. The van der Waals surface area contributed by atoms with Crippen molar-refractivity contribution in [3.05, 3.63) is 35.9 Å². The Kier molecular flexibility index (Phi) is 3.96. The van der Waals surface area contributed by atoms with Crippen LogP contribution in [0.3, 0.4) is 0 Å². The molecule has 1 aromatic carbocycles. The molecule has 0 aliphatic rings. The van der Waals surface area contributed by atoms with E-state index < -0.39 is 13.7 Å². The molecule has 1 rings (SSSR count). The lowest BCUT2D eigenvalue weighted by Gasteiger charge is -2.21. The molecular formula is C14H20OSi. The highest BCUT2D eigenvalue weighted by Gasteiger charge is 2.21. The van der Waals surface area contributed by atoms with Gasteiger partial charge in [-0.1, -0.05) is 50.0 Å². The molecule has 0 heterocycles. The Bertz CT molecular complexity index is 390. The monoisotopic (exact) mass is 232 g/mol. The summed E-state index contributed by atoms with van der Waals surface area (Å²) in [6.45, 7) is 8.44. The number of aliphatic hydroxyl groups is 1. The Labute approximate surface area is 99.5 Å². The van der Waals surface area contributed by atoms with Crippen LogP contribution in [0.15, 0.2) is 30.3 Å². The molecule has 0 aromatic heterocycles. The van der Waals surface area contributed by atoms with Crippen molar-refractivity contribution in [1.82, 2.24) is 0 Å². The standard InChI is InChI=1S/C14H20OSi/c1-14(15,11-8-12-16(2,3)4)13-9-6-5-7-10-13/h5-7,9-10,15H,11H2,1-4H3/t14-/m0/s1. The van der Waals surface area contributed by atoms with E-state index in [1.807, 2.05) is 37.3 Å². The Morgan fingerprint density at radius 1 is 1.19 bits per heavy atom. The summed E-state index contributed by atoms with van der Waals surface area (Å²) in [6, 6.07) is 9.71.